The van der Waals surface area contributed by atoms with Crippen molar-refractivity contribution in [2.45, 2.75) is 12.8 Å². The Labute approximate surface area is 220 Å². The van der Waals surface area contributed by atoms with Gasteiger partial charge in [0.25, 0.3) is 0 Å². The van der Waals surface area contributed by atoms with Crippen molar-refractivity contribution in [1.82, 2.24) is 0 Å². The van der Waals surface area contributed by atoms with E-state index in [2.05, 4.69) is 109 Å². The predicted octanol–water partition coefficient (Wildman–Crippen LogP) is 9.89. The molecular weight excluding hydrogens is 464 g/mol. The van der Waals surface area contributed by atoms with Crippen LogP contribution in [-0.2, 0) is 6.42 Å². The van der Waals surface area contributed by atoms with Crippen molar-refractivity contribution in [2.24, 2.45) is 0 Å². The molecule has 0 spiro atoms. The van der Waals surface area contributed by atoms with Crippen molar-refractivity contribution < 1.29 is 8.83 Å². The van der Waals surface area contributed by atoms with E-state index in [1.54, 1.807) is 0 Å². The Bertz CT molecular complexity index is 2020. The zero-order valence-corrected chi connectivity index (χ0v) is 20.6. The fraction of sp³-hybridized carbons (Fsp3) is 0.0556. The molecule has 0 fully saturated rings. The van der Waals surface area contributed by atoms with E-state index >= 15 is 0 Å². The first-order valence-corrected chi connectivity index (χ1v) is 13.0. The molecule has 2 nitrogen and oxygen atoms in total. The highest BCUT2D eigenvalue weighted by Crippen LogP contribution is 2.44. The first-order chi connectivity index (χ1) is 18.8. The minimum atomic E-state index is 0.887. The average molecular weight is 487 g/mol. The van der Waals surface area contributed by atoms with Crippen LogP contribution in [-0.4, -0.2) is 0 Å². The topological polar surface area (TPSA) is 26.3 Å². The van der Waals surface area contributed by atoms with Gasteiger partial charge in [0.15, 0.2) is 0 Å². The zero-order valence-electron chi connectivity index (χ0n) is 20.6. The molecule has 178 valence electrons. The lowest BCUT2D eigenvalue weighted by molar-refractivity contribution is 0.594. The summed E-state index contributed by atoms with van der Waals surface area (Å²) in [5, 5.41) is 4.67. The lowest BCUT2D eigenvalue weighted by atomic mass is 9.91. The summed E-state index contributed by atoms with van der Waals surface area (Å²) in [4.78, 5) is 0. The van der Waals surface area contributed by atoms with Crippen molar-refractivity contribution >= 4 is 38.8 Å². The molecule has 2 heteroatoms. The summed E-state index contributed by atoms with van der Waals surface area (Å²) < 4.78 is 13.1. The van der Waals surface area contributed by atoms with Crippen LogP contribution in [0.5, 0.6) is 0 Å². The molecule has 2 aromatic heterocycles. The summed E-state index contributed by atoms with van der Waals surface area (Å²) in [7, 11) is 0. The molecule has 7 aromatic rings. The molecule has 2 heterocycles. The molecule has 0 atom stereocenters. The van der Waals surface area contributed by atoms with Crippen LogP contribution < -0.4 is 0 Å². The van der Waals surface area contributed by atoms with Gasteiger partial charge in [0.05, 0.1) is 0 Å². The molecule has 1 aliphatic rings. The Hall–Kier alpha value is -5.00. The van der Waals surface area contributed by atoms with E-state index in [1.165, 1.54) is 21.9 Å². The van der Waals surface area contributed by atoms with Crippen LogP contribution in [0.15, 0.2) is 112 Å². The van der Waals surface area contributed by atoms with Crippen molar-refractivity contribution in [2.75, 3.05) is 0 Å². The number of hydrogen-bond donors (Lipinski definition) is 0. The van der Waals surface area contributed by atoms with E-state index in [0.29, 0.717) is 0 Å². The lowest BCUT2D eigenvalue weighted by Gasteiger charge is -2.10. The summed E-state index contributed by atoms with van der Waals surface area (Å²) in [5.74, 6) is 1.84. The second kappa shape index (κ2) is 8.26. The van der Waals surface area contributed by atoms with Crippen LogP contribution in [0.25, 0.3) is 72.6 Å². The van der Waals surface area contributed by atoms with E-state index in [4.69, 9.17) is 8.83 Å². The number of fused-ring (bicyclic) bond motifs is 6. The number of rotatable bonds is 3. The van der Waals surface area contributed by atoms with Gasteiger partial charge in [-0.3, -0.25) is 0 Å². The Morgan fingerprint density at radius 1 is 0.684 bits per heavy atom. The molecule has 0 saturated carbocycles. The van der Waals surface area contributed by atoms with Gasteiger partial charge in [-0.1, -0.05) is 84.9 Å². The highest BCUT2D eigenvalue weighted by atomic mass is 16.3. The molecule has 5 aromatic carbocycles. The first kappa shape index (κ1) is 21.1. The van der Waals surface area contributed by atoms with E-state index < -0.39 is 0 Å². The third-order valence-corrected chi connectivity index (χ3v) is 7.63. The monoisotopic (exact) mass is 486 g/mol. The van der Waals surface area contributed by atoms with Gasteiger partial charge in [0.2, 0.25) is 0 Å². The van der Waals surface area contributed by atoms with Gasteiger partial charge in [-0.25, -0.2) is 0 Å². The summed E-state index contributed by atoms with van der Waals surface area (Å²) in [6.45, 7) is 0. The second-order valence-electron chi connectivity index (χ2n) is 9.82. The smallest absolute Gasteiger partial charge is 0.142 e. The van der Waals surface area contributed by atoms with Gasteiger partial charge in [-0.15, -0.1) is 0 Å². The summed E-state index contributed by atoms with van der Waals surface area (Å²) >= 11 is 0. The normalized spacial score (nSPS) is 12.7. The van der Waals surface area contributed by atoms with Gasteiger partial charge in [-0.2, -0.15) is 0 Å². The lowest BCUT2D eigenvalue weighted by Crippen LogP contribution is -1.94. The van der Waals surface area contributed by atoms with Gasteiger partial charge in [-0.05, 0) is 60.0 Å². The predicted molar refractivity (Wildman–Crippen MR) is 155 cm³/mol. The molecule has 8 rings (SSSR count). The number of furan rings is 2. The SMILES string of the molecule is c1cccc(-c2ccccc2-c2oc(-c3ccc4oc5ccc6ccccc6c5c4c3)c3c2CCC=C3)c#1. The third kappa shape index (κ3) is 3.16. The fourth-order valence-corrected chi connectivity index (χ4v) is 5.88. The molecule has 1 aliphatic carbocycles. The summed E-state index contributed by atoms with van der Waals surface area (Å²) in [5.41, 5.74) is 8.48. The molecule has 0 aliphatic heterocycles. The van der Waals surface area contributed by atoms with Crippen LogP contribution in [0.2, 0.25) is 0 Å². The van der Waals surface area contributed by atoms with Crippen LogP contribution in [0, 0.1) is 12.1 Å². The number of hydrogen-bond acceptors (Lipinski definition) is 2. The van der Waals surface area contributed by atoms with Gasteiger partial charge in [0.1, 0.15) is 22.7 Å². The Morgan fingerprint density at radius 2 is 1.55 bits per heavy atom. The molecular formula is C36H22O2. The van der Waals surface area contributed by atoms with Crippen molar-refractivity contribution in [3.8, 4) is 33.8 Å². The Balaban J connectivity index is 1.37. The van der Waals surface area contributed by atoms with Crippen molar-refractivity contribution in [3.63, 3.8) is 0 Å². The number of allylic oxidation sites excluding steroid dienone is 1. The maximum absolute atomic E-state index is 6.82. The highest BCUT2D eigenvalue weighted by molar-refractivity contribution is 6.19. The molecule has 0 bridgehead atoms. The van der Waals surface area contributed by atoms with E-state index in [-0.39, 0.29) is 0 Å². The second-order valence-corrected chi connectivity index (χ2v) is 9.82. The van der Waals surface area contributed by atoms with Crippen LogP contribution in [0.1, 0.15) is 17.5 Å². The zero-order chi connectivity index (χ0) is 25.1. The minimum Gasteiger partial charge on any atom is -0.456 e. The largest absolute Gasteiger partial charge is 0.456 e. The van der Waals surface area contributed by atoms with E-state index in [1.807, 2.05) is 12.1 Å². The quantitative estimate of drug-likeness (QED) is 0.248. The average Bonchev–Trinajstić information content (AvgIpc) is 3.56. The molecule has 0 saturated heterocycles. The standard InChI is InChI=1S/C36H22O2/c1-2-10-23(11-3-1)26-13-6-7-15-28(26)36-30-17-9-8-16-29(30)35(38-36)25-19-20-32-31(22-25)34-27-14-5-4-12-24(27)18-21-33(34)37-32/h1-2,4-8,10,12-16,18-22H,9,17H2. The molecule has 0 N–H and O–H groups in total. The highest BCUT2D eigenvalue weighted by Gasteiger charge is 2.25. The molecule has 0 amide bonds. The Morgan fingerprint density at radius 3 is 2.47 bits per heavy atom. The third-order valence-electron chi connectivity index (χ3n) is 7.63. The summed E-state index contributed by atoms with van der Waals surface area (Å²) in [6.07, 6.45) is 6.42. The fourth-order valence-electron chi connectivity index (χ4n) is 5.88. The molecule has 0 radical (unpaired) electrons. The maximum Gasteiger partial charge on any atom is 0.142 e. The van der Waals surface area contributed by atoms with Crippen LogP contribution in [0.3, 0.4) is 0 Å². The minimum absolute atomic E-state index is 0.887. The Kier molecular flexibility index (Phi) is 4.59. The van der Waals surface area contributed by atoms with Gasteiger partial charge < -0.3 is 8.83 Å². The van der Waals surface area contributed by atoms with Crippen molar-refractivity contribution in [1.29, 1.82) is 0 Å². The molecule has 0 unspecified atom stereocenters. The molecule has 38 heavy (non-hydrogen) atoms. The van der Waals surface area contributed by atoms with Gasteiger partial charge >= 0.3 is 0 Å². The summed E-state index contributed by atoms with van der Waals surface area (Å²) in [6, 6.07) is 39.9. The van der Waals surface area contributed by atoms with E-state index in [0.717, 1.165) is 68.6 Å². The van der Waals surface area contributed by atoms with Crippen LogP contribution in [0.4, 0.5) is 0 Å². The van der Waals surface area contributed by atoms with Crippen LogP contribution >= 0.6 is 0 Å². The first-order valence-electron chi connectivity index (χ1n) is 13.0. The van der Waals surface area contributed by atoms with Gasteiger partial charge in [0, 0.05) is 44.2 Å². The van der Waals surface area contributed by atoms with Crippen molar-refractivity contribution in [3.05, 3.63) is 126 Å². The maximum atomic E-state index is 6.82. The number of benzene rings is 4. The van der Waals surface area contributed by atoms with E-state index in [9.17, 15) is 0 Å².